The molecule has 2 aliphatic carbocycles. The van der Waals surface area contributed by atoms with E-state index in [-0.39, 0.29) is 17.6 Å². The summed E-state index contributed by atoms with van der Waals surface area (Å²) in [6.45, 7) is 0.867. The molecule has 6 heteroatoms. The summed E-state index contributed by atoms with van der Waals surface area (Å²) < 4.78 is 6.31. The average molecular weight is 404 g/mol. The van der Waals surface area contributed by atoms with Gasteiger partial charge in [0.1, 0.15) is 0 Å². The fourth-order valence-electron chi connectivity index (χ4n) is 6.25. The van der Waals surface area contributed by atoms with E-state index in [9.17, 15) is 15.0 Å². The quantitative estimate of drug-likeness (QED) is 0.527. The van der Waals surface area contributed by atoms with Gasteiger partial charge in [0.2, 0.25) is 0 Å². The van der Waals surface area contributed by atoms with Gasteiger partial charge in [-0.25, -0.2) is 0 Å². The van der Waals surface area contributed by atoms with Crippen molar-refractivity contribution < 1.29 is 19.7 Å². The molecule has 30 heavy (non-hydrogen) atoms. The molecule has 4 aliphatic rings. The van der Waals surface area contributed by atoms with E-state index in [2.05, 4.69) is 17.3 Å². The molecule has 1 saturated heterocycles. The van der Waals surface area contributed by atoms with E-state index in [0.29, 0.717) is 17.4 Å². The molecule has 1 fully saturated rings. The van der Waals surface area contributed by atoms with Crippen molar-refractivity contribution in [1.82, 2.24) is 10.2 Å². The Morgan fingerprint density at radius 1 is 1.23 bits per heavy atom. The standard InChI is InChI=1S/C24H24N2O4/c1-26-12-11-23-16-9-10-24(29,25-21(28)14-5-3-2-4-6-14)22(23)30-20-18(27)8-7-15(19(20)23)13-17(16)26/h2-10,16-17,22,27,29H,11-13H2,1H3,(H,25,28)/t16-,17+,22+,23-,24-/m0/s1. The SMILES string of the molecule is CN1CC[C@]23c4c5ccc(O)c4O[C@H]2[C@](O)(NC(=O)c2ccccc2)C=C[C@H]3[C@H]1C5. The summed E-state index contributed by atoms with van der Waals surface area (Å²) in [7, 11) is 2.14. The number of likely N-dealkylation sites (N-methyl/N-ethyl adjacent to an activating group) is 1. The maximum absolute atomic E-state index is 12.9. The van der Waals surface area contributed by atoms with Gasteiger partial charge in [0, 0.05) is 23.1 Å². The molecule has 2 aromatic rings. The van der Waals surface area contributed by atoms with Crippen LogP contribution in [0.5, 0.6) is 11.5 Å². The third kappa shape index (κ3) is 2.13. The number of hydrogen-bond donors (Lipinski definition) is 3. The summed E-state index contributed by atoms with van der Waals surface area (Å²) in [6, 6.07) is 12.8. The van der Waals surface area contributed by atoms with Crippen molar-refractivity contribution in [2.75, 3.05) is 13.6 Å². The number of carbonyl (C=O) groups is 1. The number of carbonyl (C=O) groups excluding carboxylic acids is 1. The minimum atomic E-state index is -1.68. The number of aliphatic hydroxyl groups is 1. The predicted molar refractivity (Wildman–Crippen MR) is 110 cm³/mol. The van der Waals surface area contributed by atoms with Crippen LogP contribution in [0.3, 0.4) is 0 Å². The van der Waals surface area contributed by atoms with Crippen molar-refractivity contribution in [3.63, 3.8) is 0 Å². The number of hydrogen-bond acceptors (Lipinski definition) is 5. The molecule has 0 radical (unpaired) electrons. The van der Waals surface area contributed by atoms with Gasteiger partial charge < -0.3 is 25.2 Å². The first-order valence-corrected chi connectivity index (χ1v) is 10.5. The Bertz CT molecular complexity index is 1080. The normalized spacial score (nSPS) is 35.5. The lowest BCUT2D eigenvalue weighted by Crippen LogP contribution is -2.71. The molecule has 1 amide bonds. The molecule has 1 spiro atoms. The lowest BCUT2D eigenvalue weighted by atomic mass is 9.52. The monoisotopic (exact) mass is 404 g/mol. The predicted octanol–water partition coefficient (Wildman–Crippen LogP) is 1.96. The van der Waals surface area contributed by atoms with Crippen LogP contribution in [0.15, 0.2) is 54.6 Å². The van der Waals surface area contributed by atoms with Gasteiger partial charge in [-0.15, -0.1) is 0 Å². The average Bonchev–Trinajstić information content (AvgIpc) is 3.11. The topological polar surface area (TPSA) is 82.0 Å². The third-order valence-electron chi connectivity index (χ3n) is 7.58. The molecular weight excluding hydrogens is 380 g/mol. The highest BCUT2D eigenvalue weighted by Crippen LogP contribution is 2.63. The van der Waals surface area contributed by atoms with Crippen molar-refractivity contribution >= 4 is 5.91 Å². The fraction of sp³-hybridized carbons (Fsp3) is 0.375. The van der Waals surface area contributed by atoms with Gasteiger partial charge >= 0.3 is 0 Å². The van der Waals surface area contributed by atoms with Crippen molar-refractivity contribution in [1.29, 1.82) is 0 Å². The molecule has 2 aliphatic heterocycles. The van der Waals surface area contributed by atoms with Gasteiger partial charge in [-0.3, -0.25) is 4.79 Å². The van der Waals surface area contributed by atoms with Crippen LogP contribution in [-0.2, 0) is 11.8 Å². The Balaban J connectivity index is 1.49. The maximum atomic E-state index is 12.9. The van der Waals surface area contributed by atoms with Crippen molar-refractivity contribution in [2.24, 2.45) is 5.92 Å². The highest BCUT2D eigenvalue weighted by Gasteiger charge is 2.68. The minimum Gasteiger partial charge on any atom is -0.504 e. The zero-order valence-corrected chi connectivity index (χ0v) is 16.7. The van der Waals surface area contributed by atoms with Gasteiger partial charge in [-0.1, -0.05) is 30.3 Å². The first-order valence-electron chi connectivity index (χ1n) is 10.5. The largest absolute Gasteiger partial charge is 0.504 e. The Kier molecular flexibility index (Phi) is 3.51. The van der Waals surface area contributed by atoms with E-state index in [1.165, 1.54) is 0 Å². The molecule has 2 bridgehead atoms. The number of benzene rings is 2. The zero-order valence-electron chi connectivity index (χ0n) is 16.7. The minimum absolute atomic E-state index is 0.0883. The lowest BCUT2D eigenvalue weighted by molar-refractivity contribution is -0.108. The number of aromatic hydroxyl groups is 1. The van der Waals surface area contributed by atoms with E-state index in [0.717, 1.165) is 30.5 Å². The molecule has 154 valence electrons. The second-order valence-corrected chi connectivity index (χ2v) is 9.02. The zero-order chi connectivity index (χ0) is 20.7. The first-order chi connectivity index (χ1) is 14.4. The molecule has 6 nitrogen and oxygen atoms in total. The summed E-state index contributed by atoms with van der Waals surface area (Å²) in [6.07, 6.45) is 4.69. The van der Waals surface area contributed by atoms with E-state index in [1.54, 1.807) is 36.4 Å². The smallest absolute Gasteiger partial charge is 0.253 e. The fourth-order valence-corrected chi connectivity index (χ4v) is 6.25. The Morgan fingerprint density at radius 2 is 2.03 bits per heavy atom. The van der Waals surface area contributed by atoms with Crippen molar-refractivity contribution in [3.8, 4) is 11.5 Å². The van der Waals surface area contributed by atoms with Gasteiger partial charge in [0.25, 0.3) is 5.91 Å². The summed E-state index contributed by atoms with van der Waals surface area (Å²) in [5.41, 5.74) is 0.489. The van der Waals surface area contributed by atoms with Gasteiger partial charge in [-0.2, -0.15) is 0 Å². The Labute approximate surface area is 174 Å². The Hall–Kier alpha value is -2.83. The van der Waals surface area contributed by atoms with Crippen LogP contribution in [0.4, 0.5) is 0 Å². The van der Waals surface area contributed by atoms with Crippen LogP contribution in [0, 0.1) is 5.92 Å². The molecule has 2 heterocycles. The van der Waals surface area contributed by atoms with E-state index < -0.39 is 17.2 Å². The molecule has 0 aromatic heterocycles. The second kappa shape index (κ2) is 5.86. The van der Waals surface area contributed by atoms with Crippen LogP contribution in [0.1, 0.15) is 27.9 Å². The number of rotatable bonds is 2. The molecule has 6 rings (SSSR count). The van der Waals surface area contributed by atoms with Crippen molar-refractivity contribution in [3.05, 3.63) is 71.3 Å². The lowest BCUT2D eigenvalue weighted by Gasteiger charge is -2.58. The first kappa shape index (κ1) is 18.0. The Morgan fingerprint density at radius 3 is 2.83 bits per heavy atom. The molecule has 5 atom stereocenters. The number of phenolic OH excluding ortho intramolecular Hbond substituents is 1. The van der Waals surface area contributed by atoms with Crippen LogP contribution in [-0.4, -0.2) is 52.5 Å². The van der Waals surface area contributed by atoms with Gasteiger partial charge in [-0.05, 0) is 56.3 Å². The number of phenols is 1. The van der Waals surface area contributed by atoms with Crippen LogP contribution >= 0.6 is 0 Å². The van der Waals surface area contributed by atoms with Crippen LogP contribution < -0.4 is 10.1 Å². The van der Waals surface area contributed by atoms with Gasteiger partial charge in [0.05, 0.1) is 5.41 Å². The molecule has 3 N–H and O–H groups in total. The number of ether oxygens (including phenoxy) is 1. The van der Waals surface area contributed by atoms with Crippen LogP contribution in [0.2, 0.25) is 0 Å². The molecule has 0 unspecified atom stereocenters. The molecule has 0 saturated carbocycles. The summed E-state index contributed by atoms with van der Waals surface area (Å²) >= 11 is 0. The highest BCUT2D eigenvalue weighted by atomic mass is 16.5. The van der Waals surface area contributed by atoms with Crippen LogP contribution in [0.25, 0.3) is 0 Å². The number of nitrogens with zero attached hydrogens (tertiary/aromatic N) is 1. The molecular formula is C24H24N2O4. The van der Waals surface area contributed by atoms with Crippen molar-refractivity contribution in [2.45, 2.75) is 36.1 Å². The maximum Gasteiger partial charge on any atom is 0.253 e. The van der Waals surface area contributed by atoms with E-state index >= 15 is 0 Å². The van der Waals surface area contributed by atoms with Gasteiger partial charge in [0.15, 0.2) is 23.3 Å². The molecule has 2 aromatic carbocycles. The number of amides is 1. The van der Waals surface area contributed by atoms with E-state index in [4.69, 9.17) is 4.74 Å². The summed E-state index contributed by atoms with van der Waals surface area (Å²) in [5.74, 6) is 0.333. The highest BCUT2D eigenvalue weighted by molar-refractivity contribution is 5.94. The number of piperidine rings is 1. The summed E-state index contributed by atoms with van der Waals surface area (Å²) in [5, 5.41) is 25.1. The number of likely N-dealkylation sites (tertiary alicyclic amines) is 1. The number of nitrogens with one attached hydrogen (secondary N) is 1. The summed E-state index contributed by atoms with van der Waals surface area (Å²) in [4.78, 5) is 15.3. The van der Waals surface area contributed by atoms with E-state index in [1.807, 2.05) is 18.2 Å². The third-order valence-corrected chi connectivity index (χ3v) is 7.58. The second-order valence-electron chi connectivity index (χ2n) is 9.02.